The Morgan fingerprint density at radius 2 is 1.63 bits per heavy atom. The van der Waals surface area contributed by atoms with Gasteiger partial charge in [0.05, 0.1) is 6.04 Å². The molecule has 1 N–H and O–H groups in total. The highest BCUT2D eigenvalue weighted by molar-refractivity contribution is 5.14. The summed E-state index contributed by atoms with van der Waals surface area (Å²) >= 11 is 0. The molecule has 19 heavy (non-hydrogen) atoms. The van der Waals surface area contributed by atoms with Gasteiger partial charge in [0.15, 0.2) is 0 Å². The molecule has 1 nitrogen and oxygen atoms in total. The van der Waals surface area contributed by atoms with Gasteiger partial charge in [-0.15, -0.1) is 0 Å². The Labute approximate surface area is 108 Å². The molecule has 1 aromatic carbocycles. The lowest BCUT2D eigenvalue weighted by atomic mass is 10.1. The zero-order valence-electron chi connectivity index (χ0n) is 10.5. The van der Waals surface area contributed by atoms with Crippen LogP contribution in [0.2, 0.25) is 0 Å². The second kappa shape index (κ2) is 6.32. The average molecular weight is 281 g/mol. The van der Waals surface area contributed by atoms with Gasteiger partial charge < -0.3 is 5.32 Å². The Kier molecular flexibility index (Phi) is 5.29. The van der Waals surface area contributed by atoms with Gasteiger partial charge in [-0.1, -0.05) is 37.3 Å². The molecule has 0 saturated carbocycles. The van der Waals surface area contributed by atoms with Crippen LogP contribution in [-0.2, 0) is 6.42 Å². The van der Waals surface area contributed by atoms with E-state index < -0.39 is 18.1 Å². The number of benzene rings is 1. The number of nitrogens with one attached hydrogen (secondary N) is 1. The lowest BCUT2D eigenvalue weighted by Gasteiger charge is -2.28. The third-order valence-corrected chi connectivity index (χ3v) is 2.87. The second-order valence-electron chi connectivity index (χ2n) is 4.27. The lowest BCUT2D eigenvalue weighted by Crippen LogP contribution is -2.53. The molecule has 0 radical (unpaired) electrons. The van der Waals surface area contributed by atoms with E-state index in [1.165, 1.54) is 6.92 Å². The maximum Gasteiger partial charge on any atom is 0.454 e. The van der Waals surface area contributed by atoms with Crippen LogP contribution < -0.4 is 5.32 Å². The van der Waals surface area contributed by atoms with Gasteiger partial charge in [0.2, 0.25) is 0 Å². The van der Waals surface area contributed by atoms with E-state index in [1.54, 1.807) is 24.3 Å². The van der Waals surface area contributed by atoms with E-state index in [-0.39, 0.29) is 13.0 Å². The second-order valence-corrected chi connectivity index (χ2v) is 4.27. The molecule has 0 heterocycles. The molecular weight excluding hydrogens is 265 g/mol. The highest BCUT2D eigenvalue weighted by Gasteiger charge is 2.61. The van der Waals surface area contributed by atoms with Crippen LogP contribution in [0.1, 0.15) is 18.9 Å². The molecule has 1 aromatic rings. The fourth-order valence-corrected chi connectivity index (χ4v) is 1.76. The van der Waals surface area contributed by atoms with Crippen molar-refractivity contribution in [2.75, 3.05) is 6.54 Å². The van der Waals surface area contributed by atoms with Gasteiger partial charge in [0.1, 0.15) is 0 Å². The molecule has 0 spiro atoms. The first-order valence-electron chi connectivity index (χ1n) is 6.01. The summed E-state index contributed by atoms with van der Waals surface area (Å²) in [5, 5.41) is 2.29. The highest BCUT2D eigenvalue weighted by atomic mass is 19.4. The Bertz CT molecular complexity index is 374. The maximum absolute atomic E-state index is 13.1. The van der Waals surface area contributed by atoms with E-state index in [2.05, 4.69) is 5.32 Å². The van der Waals surface area contributed by atoms with Gasteiger partial charge in [0.25, 0.3) is 0 Å². The molecule has 1 atom stereocenters. The monoisotopic (exact) mass is 281 g/mol. The van der Waals surface area contributed by atoms with Gasteiger partial charge in [-0.25, -0.2) is 0 Å². The summed E-state index contributed by atoms with van der Waals surface area (Å²) in [5.41, 5.74) is 0.889. The van der Waals surface area contributed by atoms with Crippen LogP contribution in [-0.4, -0.2) is 24.7 Å². The molecule has 108 valence electrons. The Balaban J connectivity index is 2.54. The van der Waals surface area contributed by atoms with Crippen molar-refractivity contribution in [2.45, 2.75) is 37.9 Å². The quantitative estimate of drug-likeness (QED) is 0.782. The molecule has 0 saturated heterocycles. The fraction of sp³-hybridized carbons (Fsp3) is 0.538. The highest BCUT2D eigenvalue weighted by Crippen LogP contribution is 2.38. The van der Waals surface area contributed by atoms with Crippen molar-refractivity contribution in [1.29, 1.82) is 0 Å². The van der Waals surface area contributed by atoms with E-state index in [1.807, 2.05) is 6.07 Å². The van der Waals surface area contributed by atoms with Gasteiger partial charge in [0, 0.05) is 0 Å². The standard InChI is InChI=1S/C13H16F5N/c1-2-11(12(14,15)13(16,17)18)19-9-8-10-6-4-3-5-7-10/h3-7,11,19H,2,8-9H2,1H3. The summed E-state index contributed by atoms with van der Waals surface area (Å²) < 4.78 is 63.0. The summed E-state index contributed by atoms with van der Waals surface area (Å²) in [7, 11) is 0. The fourth-order valence-electron chi connectivity index (χ4n) is 1.76. The Hall–Kier alpha value is -1.17. The van der Waals surface area contributed by atoms with Crippen LogP contribution in [0.5, 0.6) is 0 Å². The van der Waals surface area contributed by atoms with Crippen molar-refractivity contribution in [3.8, 4) is 0 Å². The summed E-state index contributed by atoms with van der Waals surface area (Å²) in [6, 6.07) is 7.09. The van der Waals surface area contributed by atoms with Crippen LogP contribution in [0, 0.1) is 0 Å². The van der Waals surface area contributed by atoms with Crippen molar-refractivity contribution in [2.24, 2.45) is 0 Å². The molecule has 0 aliphatic carbocycles. The minimum absolute atomic E-state index is 0.0776. The smallest absolute Gasteiger partial charge is 0.308 e. The van der Waals surface area contributed by atoms with E-state index >= 15 is 0 Å². The number of rotatable bonds is 6. The Morgan fingerprint density at radius 1 is 1.05 bits per heavy atom. The van der Waals surface area contributed by atoms with Gasteiger partial charge in [-0.3, -0.25) is 0 Å². The number of hydrogen-bond acceptors (Lipinski definition) is 1. The van der Waals surface area contributed by atoms with Crippen molar-refractivity contribution < 1.29 is 22.0 Å². The van der Waals surface area contributed by atoms with Gasteiger partial charge in [-0.05, 0) is 24.9 Å². The van der Waals surface area contributed by atoms with Gasteiger partial charge >= 0.3 is 12.1 Å². The average Bonchev–Trinajstić information content (AvgIpc) is 2.34. The predicted molar refractivity (Wildman–Crippen MR) is 63.2 cm³/mol. The minimum atomic E-state index is -5.52. The van der Waals surface area contributed by atoms with E-state index in [0.717, 1.165) is 5.56 Å². The third-order valence-electron chi connectivity index (χ3n) is 2.87. The van der Waals surface area contributed by atoms with Crippen molar-refractivity contribution in [3.63, 3.8) is 0 Å². The number of halogens is 5. The largest absolute Gasteiger partial charge is 0.454 e. The molecule has 0 aliphatic rings. The molecule has 6 heteroatoms. The first-order chi connectivity index (χ1) is 8.79. The molecule has 1 rings (SSSR count). The molecular formula is C13H16F5N. The summed E-state index contributed by atoms with van der Waals surface area (Å²) in [6.07, 6.45) is -5.40. The molecule has 1 unspecified atom stereocenters. The van der Waals surface area contributed by atoms with Crippen LogP contribution in [0.25, 0.3) is 0 Å². The van der Waals surface area contributed by atoms with E-state index in [4.69, 9.17) is 0 Å². The summed E-state index contributed by atoms with van der Waals surface area (Å²) in [5.74, 6) is -4.71. The van der Waals surface area contributed by atoms with Crippen molar-refractivity contribution in [1.82, 2.24) is 5.32 Å². The SMILES string of the molecule is CCC(NCCc1ccccc1)C(F)(F)C(F)(F)F. The molecule has 0 aliphatic heterocycles. The maximum atomic E-state index is 13.1. The Morgan fingerprint density at radius 3 is 2.11 bits per heavy atom. The lowest BCUT2D eigenvalue weighted by molar-refractivity contribution is -0.293. The number of alkyl halides is 5. The van der Waals surface area contributed by atoms with Crippen LogP contribution in [0.15, 0.2) is 30.3 Å². The summed E-state index contributed by atoms with van der Waals surface area (Å²) in [4.78, 5) is 0. The van der Waals surface area contributed by atoms with Crippen molar-refractivity contribution in [3.05, 3.63) is 35.9 Å². The molecule has 0 amide bonds. The van der Waals surface area contributed by atoms with Gasteiger partial charge in [-0.2, -0.15) is 22.0 Å². The molecule has 0 aromatic heterocycles. The molecule has 0 bridgehead atoms. The van der Waals surface area contributed by atoms with Crippen LogP contribution >= 0.6 is 0 Å². The zero-order valence-corrected chi connectivity index (χ0v) is 10.5. The van der Waals surface area contributed by atoms with E-state index in [0.29, 0.717) is 6.42 Å². The van der Waals surface area contributed by atoms with E-state index in [9.17, 15) is 22.0 Å². The minimum Gasteiger partial charge on any atom is -0.308 e. The first kappa shape index (κ1) is 15.9. The predicted octanol–water partition coefficient (Wildman–Crippen LogP) is 3.79. The molecule has 0 fully saturated rings. The summed E-state index contributed by atoms with van der Waals surface area (Å²) in [6.45, 7) is 1.38. The van der Waals surface area contributed by atoms with Crippen LogP contribution in [0.3, 0.4) is 0 Å². The normalized spacial score (nSPS) is 14.4. The zero-order chi connectivity index (χ0) is 14.5. The number of hydrogen-bond donors (Lipinski definition) is 1. The first-order valence-corrected chi connectivity index (χ1v) is 6.01. The third kappa shape index (κ3) is 4.16. The van der Waals surface area contributed by atoms with Crippen molar-refractivity contribution >= 4 is 0 Å². The van der Waals surface area contributed by atoms with Crippen LogP contribution in [0.4, 0.5) is 22.0 Å². The topological polar surface area (TPSA) is 12.0 Å².